The summed E-state index contributed by atoms with van der Waals surface area (Å²) in [4.78, 5) is 26.3. The van der Waals surface area contributed by atoms with E-state index in [-0.39, 0.29) is 21.9 Å². The van der Waals surface area contributed by atoms with Gasteiger partial charge in [-0.05, 0) is 35.9 Å². The van der Waals surface area contributed by atoms with Crippen molar-refractivity contribution < 1.29 is 24.5 Å². The van der Waals surface area contributed by atoms with Crippen LogP contribution in [0.1, 0.15) is 21.6 Å². The number of fused-ring (bicyclic) bond motifs is 1. The number of aromatic nitrogens is 1. The topological polar surface area (TPSA) is 99.6 Å². The van der Waals surface area contributed by atoms with Crippen molar-refractivity contribution in [2.75, 3.05) is 7.11 Å². The molecule has 0 aliphatic heterocycles. The number of carboxylic acids is 2. The highest BCUT2D eigenvalue weighted by Gasteiger charge is 2.21. The van der Waals surface area contributed by atoms with Crippen LogP contribution in [0.5, 0.6) is 5.75 Å². The second kappa shape index (κ2) is 7.34. The molecule has 1 aromatic heterocycles. The Hall–Kier alpha value is -2.96. The molecule has 0 bridgehead atoms. The van der Waals surface area contributed by atoms with Gasteiger partial charge >= 0.3 is 11.9 Å². The Morgan fingerprint density at radius 2 is 1.89 bits per heavy atom. The van der Waals surface area contributed by atoms with Crippen molar-refractivity contribution in [2.45, 2.75) is 0 Å². The number of hydrogen-bond acceptors (Lipinski definition) is 3. The van der Waals surface area contributed by atoms with Crippen molar-refractivity contribution >= 4 is 57.7 Å². The van der Waals surface area contributed by atoms with Gasteiger partial charge in [-0.15, -0.1) is 0 Å². The molecule has 0 unspecified atom stereocenters. The summed E-state index contributed by atoms with van der Waals surface area (Å²) in [5.74, 6) is -2.00. The third-order valence-corrected chi connectivity index (χ3v) is 4.48. The Morgan fingerprint density at radius 1 is 1.15 bits per heavy atom. The molecule has 2 aromatic carbocycles. The fourth-order valence-corrected chi connectivity index (χ4v) is 3.38. The van der Waals surface area contributed by atoms with Gasteiger partial charge in [0.1, 0.15) is 11.4 Å². The molecule has 0 aliphatic rings. The normalized spacial score (nSPS) is 11.6. The molecular formula is C19H13Cl2NO5. The van der Waals surface area contributed by atoms with E-state index < -0.39 is 11.9 Å². The number of aromatic amines is 1. The fraction of sp³-hybridized carbons (Fsp3) is 0.0526. The lowest BCUT2D eigenvalue weighted by Gasteiger charge is -2.06. The molecule has 3 aromatic rings. The molecule has 0 saturated heterocycles. The molecule has 8 heteroatoms. The lowest BCUT2D eigenvalue weighted by Crippen LogP contribution is -2.02. The van der Waals surface area contributed by atoms with E-state index in [0.717, 1.165) is 0 Å². The molecule has 138 valence electrons. The largest absolute Gasteiger partial charge is 0.497 e. The van der Waals surface area contributed by atoms with Crippen molar-refractivity contribution in [3.05, 3.63) is 63.3 Å². The molecule has 6 nitrogen and oxygen atoms in total. The summed E-state index contributed by atoms with van der Waals surface area (Å²) < 4.78 is 5.13. The lowest BCUT2D eigenvalue weighted by molar-refractivity contribution is -0.130. The average molecular weight is 406 g/mol. The van der Waals surface area contributed by atoms with E-state index in [4.69, 9.17) is 27.9 Å². The minimum absolute atomic E-state index is 0.108. The number of nitrogens with one attached hydrogen (secondary N) is 1. The molecule has 0 radical (unpaired) electrons. The summed E-state index contributed by atoms with van der Waals surface area (Å²) in [7, 11) is 1.47. The third-order valence-electron chi connectivity index (χ3n) is 3.97. The molecule has 0 fully saturated rings. The minimum Gasteiger partial charge on any atom is -0.497 e. The van der Waals surface area contributed by atoms with Crippen LogP contribution in [0, 0.1) is 0 Å². The second-order valence-corrected chi connectivity index (χ2v) is 6.47. The molecule has 27 heavy (non-hydrogen) atoms. The van der Waals surface area contributed by atoms with Crippen LogP contribution in [-0.4, -0.2) is 34.2 Å². The summed E-state index contributed by atoms with van der Waals surface area (Å²) in [6, 6.07) is 9.46. The van der Waals surface area contributed by atoms with E-state index in [1.807, 2.05) is 0 Å². The minimum atomic E-state index is -1.25. The van der Waals surface area contributed by atoms with Crippen molar-refractivity contribution in [3.8, 4) is 5.75 Å². The fourth-order valence-electron chi connectivity index (χ4n) is 2.79. The SMILES string of the molecule is COc1cccc(/C(=C\c2c(C(=O)O)[nH]c3cc(Cl)cc(Cl)c23)C(=O)O)c1. The van der Waals surface area contributed by atoms with E-state index in [2.05, 4.69) is 4.98 Å². The van der Waals surface area contributed by atoms with E-state index in [1.165, 1.54) is 25.3 Å². The van der Waals surface area contributed by atoms with E-state index in [9.17, 15) is 19.8 Å². The molecule has 3 N–H and O–H groups in total. The van der Waals surface area contributed by atoms with Crippen LogP contribution >= 0.6 is 23.2 Å². The summed E-state index contributed by atoms with van der Waals surface area (Å²) in [5.41, 5.74) is 0.614. The number of H-pyrrole nitrogens is 1. The first kappa shape index (κ1) is 18.8. The van der Waals surface area contributed by atoms with E-state index >= 15 is 0 Å². The zero-order chi connectivity index (χ0) is 19.7. The summed E-state index contributed by atoms with van der Waals surface area (Å²) in [6.45, 7) is 0. The van der Waals surface area contributed by atoms with Crippen molar-refractivity contribution in [1.29, 1.82) is 0 Å². The number of rotatable bonds is 5. The van der Waals surface area contributed by atoms with Crippen LogP contribution in [0.2, 0.25) is 10.0 Å². The molecule has 1 heterocycles. The van der Waals surface area contributed by atoms with Gasteiger partial charge in [-0.3, -0.25) is 0 Å². The molecule has 0 spiro atoms. The zero-order valence-corrected chi connectivity index (χ0v) is 15.4. The number of aromatic carboxylic acids is 1. The molecule has 0 aliphatic carbocycles. The number of carbonyl (C=O) groups is 2. The Kier molecular flexibility index (Phi) is 5.12. The number of benzene rings is 2. The maximum absolute atomic E-state index is 11.9. The van der Waals surface area contributed by atoms with Crippen molar-refractivity contribution in [3.63, 3.8) is 0 Å². The number of methoxy groups -OCH3 is 1. The van der Waals surface area contributed by atoms with Gasteiger partial charge in [-0.25, -0.2) is 9.59 Å². The first-order chi connectivity index (χ1) is 12.8. The predicted octanol–water partition coefficient (Wildman–Crippen LogP) is 4.81. The maximum atomic E-state index is 11.9. The predicted molar refractivity (Wildman–Crippen MR) is 104 cm³/mol. The van der Waals surface area contributed by atoms with Gasteiger partial charge in [0.2, 0.25) is 0 Å². The number of halogens is 2. The Bertz CT molecular complexity index is 1100. The van der Waals surface area contributed by atoms with Gasteiger partial charge in [-0.1, -0.05) is 35.3 Å². The highest BCUT2D eigenvalue weighted by Crippen LogP contribution is 2.35. The smallest absolute Gasteiger partial charge is 0.352 e. The van der Waals surface area contributed by atoms with Crippen LogP contribution < -0.4 is 4.74 Å². The van der Waals surface area contributed by atoms with Gasteiger partial charge in [0.15, 0.2) is 0 Å². The van der Waals surface area contributed by atoms with Gasteiger partial charge in [0.05, 0.1) is 17.7 Å². The van der Waals surface area contributed by atoms with E-state index in [1.54, 1.807) is 24.3 Å². The Morgan fingerprint density at radius 3 is 2.52 bits per heavy atom. The Balaban J connectivity index is 2.32. The van der Waals surface area contributed by atoms with Gasteiger partial charge < -0.3 is 19.9 Å². The molecular weight excluding hydrogens is 393 g/mol. The van der Waals surface area contributed by atoms with Crippen LogP contribution in [0.25, 0.3) is 22.6 Å². The monoisotopic (exact) mass is 405 g/mol. The summed E-state index contributed by atoms with van der Waals surface area (Å²) in [5, 5.41) is 20.1. The first-order valence-corrected chi connectivity index (χ1v) is 8.41. The summed E-state index contributed by atoms with van der Waals surface area (Å²) in [6.07, 6.45) is 1.28. The first-order valence-electron chi connectivity index (χ1n) is 7.65. The molecule has 3 rings (SSSR count). The number of aliphatic carboxylic acids is 1. The maximum Gasteiger partial charge on any atom is 0.352 e. The second-order valence-electron chi connectivity index (χ2n) is 5.62. The van der Waals surface area contributed by atoms with E-state index in [0.29, 0.717) is 27.2 Å². The standard InChI is InChI=1S/C19H13Cl2NO5/c1-27-11-4-2-3-9(5-11)12(18(23)24)8-13-16-14(21)6-10(20)7-15(16)22-17(13)19(25)26/h2-8,22H,1H3,(H,23,24)(H,25,26)/b12-8+. The van der Waals surface area contributed by atoms with Crippen LogP contribution in [0.3, 0.4) is 0 Å². The highest BCUT2D eigenvalue weighted by molar-refractivity contribution is 6.39. The average Bonchev–Trinajstić information content (AvgIpc) is 2.98. The van der Waals surface area contributed by atoms with Crippen LogP contribution in [0.4, 0.5) is 0 Å². The van der Waals surface area contributed by atoms with Gasteiger partial charge in [0.25, 0.3) is 0 Å². The third kappa shape index (κ3) is 3.63. The highest BCUT2D eigenvalue weighted by atomic mass is 35.5. The Labute approximate surface area is 163 Å². The van der Waals surface area contributed by atoms with Crippen LogP contribution in [-0.2, 0) is 4.79 Å². The number of hydrogen-bond donors (Lipinski definition) is 3. The molecule has 0 amide bonds. The van der Waals surface area contributed by atoms with Crippen molar-refractivity contribution in [2.24, 2.45) is 0 Å². The van der Waals surface area contributed by atoms with Gasteiger partial charge in [0, 0.05) is 21.5 Å². The lowest BCUT2D eigenvalue weighted by atomic mass is 10.0. The van der Waals surface area contributed by atoms with Crippen LogP contribution in [0.15, 0.2) is 36.4 Å². The number of carboxylic acid groups (broad SMARTS) is 2. The summed E-state index contributed by atoms with van der Waals surface area (Å²) >= 11 is 12.2. The molecule has 0 saturated carbocycles. The van der Waals surface area contributed by atoms with Gasteiger partial charge in [-0.2, -0.15) is 0 Å². The quantitative estimate of drug-likeness (QED) is 0.529. The molecule has 0 atom stereocenters. The number of ether oxygens (including phenoxy) is 1. The van der Waals surface area contributed by atoms with Crippen molar-refractivity contribution in [1.82, 2.24) is 4.98 Å². The zero-order valence-electron chi connectivity index (χ0n) is 13.9.